The van der Waals surface area contributed by atoms with Gasteiger partial charge in [-0.05, 0) is 29.0 Å². The first-order valence-electron chi connectivity index (χ1n) is 6.63. The molecule has 0 spiro atoms. The summed E-state index contributed by atoms with van der Waals surface area (Å²) in [5.41, 5.74) is -0.372. The number of nitrogens with zero attached hydrogens (tertiary/aromatic N) is 2. The Kier molecular flexibility index (Phi) is 3.96. The third-order valence-corrected chi connectivity index (χ3v) is 3.40. The minimum absolute atomic E-state index is 0.0367. The molecule has 0 unspecified atom stereocenters. The second kappa shape index (κ2) is 6.08. The highest BCUT2D eigenvalue weighted by Crippen LogP contribution is 2.27. The Labute approximate surface area is 139 Å². The highest BCUT2D eigenvalue weighted by Gasteiger charge is 2.37. The number of aromatic hydroxyl groups is 1. The van der Waals surface area contributed by atoms with Gasteiger partial charge in [0.05, 0.1) is 7.11 Å². The molecule has 1 aromatic heterocycles. The van der Waals surface area contributed by atoms with Crippen LogP contribution < -0.4 is 10.3 Å². The molecule has 24 heavy (non-hydrogen) atoms. The van der Waals surface area contributed by atoms with Crippen molar-refractivity contribution in [3.05, 3.63) is 50.7 Å². The van der Waals surface area contributed by atoms with Crippen molar-refractivity contribution >= 4 is 30.0 Å². The van der Waals surface area contributed by atoms with E-state index in [1.54, 1.807) is 24.3 Å². The van der Waals surface area contributed by atoms with Crippen LogP contribution in [-0.4, -0.2) is 32.9 Å². The molecule has 2 heterocycles. The Hall–Kier alpha value is -3.27. The molecule has 3 rings (SSSR count). The van der Waals surface area contributed by atoms with Crippen LogP contribution in [0.15, 0.2) is 40.0 Å². The third kappa shape index (κ3) is 2.82. The second-order valence-corrected chi connectivity index (χ2v) is 5.08. The molecule has 0 aliphatic carbocycles. The number of rotatable bonds is 3. The summed E-state index contributed by atoms with van der Waals surface area (Å²) in [6.45, 7) is 0. The van der Waals surface area contributed by atoms with Gasteiger partial charge in [-0.15, -0.1) is 0 Å². The number of ether oxygens (including phenoxy) is 1. The third-order valence-electron chi connectivity index (χ3n) is 3.20. The van der Waals surface area contributed by atoms with Crippen LogP contribution in [-0.2, 0) is 9.63 Å². The second-order valence-electron chi connectivity index (χ2n) is 4.67. The van der Waals surface area contributed by atoms with E-state index in [0.717, 1.165) is 6.08 Å². The van der Waals surface area contributed by atoms with E-state index in [1.165, 1.54) is 11.8 Å². The molecule has 0 radical (unpaired) electrons. The van der Waals surface area contributed by atoms with E-state index in [0.29, 0.717) is 11.4 Å². The summed E-state index contributed by atoms with van der Waals surface area (Å²) in [7, 11) is 1.53. The molecule has 122 valence electrons. The fraction of sp³-hybridized carbons (Fsp3) is 0.0714. The van der Waals surface area contributed by atoms with Gasteiger partial charge in [0.15, 0.2) is 4.77 Å². The maximum atomic E-state index is 11.9. The van der Waals surface area contributed by atoms with E-state index in [4.69, 9.17) is 17.0 Å². The van der Waals surface area contributed by atoms with Gasteiger partial charge in [-0.3, -0.25) is 14.6 Å². The Morgan fingerprint density at radius 2 is 2.00 bits per heavy atom. The lowest BCUT2D eigenvalue weighted by Gasteiger charge is -1.99. The van der Waals surface area contributed by atoms with Gasteiger partial charge in [0.1, 0.15) is 11.3 Å². The lowest BCUT2D eigenvalue weighted by atomic mass is 10.2. The Morgan fingerprint density at radius 3 is 2.62 bits per heavy atom. The number of nitrogens with one attached hydrogen (secondary N) is 2. The van der Waals surface area contributed by atoms with E-state index in [9.17, 15) is 14.7 Å². The zero-order valence-electron chi connectivity index (χ0n) is 12.3. The van der Waals surface area contributed by atoms with Crippen molar-refractivity contribution in [2.24, 2.45) is 5.28 Å². The summed E-state index contributed by atoms with van der Waals surface area (Å²) in [5.74, 6) is -0.613. The van der Waals surface area contributed by atoms with Gasteiger partial charge in [0.2, 0.25) is 16.8 Å². The SMILES string of the molecule is COc1ccc([N+]2=NOC(=O)/C2=C/c2c(O)[nH]c(=S)[nH]c2=O)cc1. The molecule has 3 N–H and O–H groups in total. The van der Waals surface area contributed by atoms with E-state index in [-0.39, 0.29) is 16.0 Å². The molecule has 0 bridgehead atoms. The quantitative estimate of drug-likeness (QED) is 0.442. The molecule has 0 saturated carbocycles. The van der Waals surface area contributed by atoms with Gasteiger partial charge < -0.3 is 14.8 Å². The summed E-state index contributed by atoms with van der Waals surface area (Å²) in [5, 5.41) is 13.5. The van der Waals surface area contributed by atoms with Gasteiger partial charge in [-0.2, -0.15) is 0 Å². The van der Waals surface area contributed by atoms with E-state index in [2.05, 4.69) is 20.1 Å². The summed E-state index contributed by atoms with van der Waals surface area (Å²) >= 11 is 4.75. The highest BCUT2D eigenvalue weighted by atomic mass is 32.1. The number of hydrogen-bond donors (Lipinski definition) is 3. The summed E-state index contributed by atoms with van der Waals surface area (Å²) in [4.78, 5) is 33.2. The molecular weight excluding hydrogens is 336 g/mol. The zero-order chi connectivity index (χ0) is 17.3. The van der Waals surface area contributed by atoms with Crippen LogP contribution in [0, 0.1) is 4.77 Å². The average Bonchev–Trinajstić information content (AvgIpc) is 2.91. The lowest BCUT2D eigenvalue weighted by molar-refractivity contribution is -0.462. The largest absolute Gasteiger partial charge is 0.497 e. The normalized spacial score (nSPS) is 15.3. The first-order valence-corrected chi connectivity index (χ1v) is 7.04. The van der Waals surface area contributed by atoms with Gasteiger partial charge in [0, 0.05) is 18.2 Å². The first-order chi connectivity index (χ1) is 11.5. The summed E-state index contributed by atoms with van der Waals surface area (Å²) in [6.07, 6.45) is 1.16. The number of aromatic amines is 2. The highest BCUT2D eigenvalue weighted by molar-refractivity contribution is 7.71. The fourth-order valence-corrected chi connectivity index (χ4v) is 2.23. The van der Waals surface area contributed by atoms with Crippen LogP contribution in [0.2, 0.25) is 0 Å². The molecule has 9 nitrogen and oxygen atoms in total. The number of aromatic nitrogens is 2. The van der Waals surface area contributed by atoms with Crippen molar-refractivity contribution in [3.63, 3.8) is 0 Å². The van der Waals surface area contributed by atoms with Crippen molar-refractivity contribution in [2.75, 3.05) is 7.11 Å². The van der Waals surface area contributed by atoms with E-state index < -0.39 is 17.4 Å². The number of benzene rings is 1. The van der Waals surface area contributed by atoms with Crippen molar-refractivity contribution in [2.45, 2.75) is 0 Å². The van der Waals surface area contributed by atoms with Gasteiger partial charge in [0.25, 0.3) is 5.56 Å². The molecule has 0 saturated heterocycles. The lowest BCUT2D eigenvalue weighted by Crippen LogP contribution is -2.13. The van der Waals surface area contributed by atoms with E-state index in [1.807, 2.05) is 0 Å². The molecule has 0 atom stereocenters. The van der Waals surface area contributed by atoms with Gasteiger partial charge in [-0.25, -0.2) is 4.79 Å². The number of methoxy groups -OCH3 is 1. The van der Waals surface area contributed by atoms with Crippen molar-refractivity contribution in [1.29, 1.82) is 0 Å². The molecule has 0 fully saturated rings. The van der Waals surface area contributed by atoms with Crippen LogP contribution in [0.1, 0.15) is 5.56 Å². The van der Waals surface area contributed by atoms with Crippen molar-refractivity contribution in [3.8, 4) is 11.6 Å². The molecule has 2 aromatic rings. The standard InChI is InChI=1S/C14H10N4O5S/c1-22-8-4-2-7(3-5-8)18-10(13(21)23-17-18)6-9-11(19)15-14(24)16-12(9)20/h2-6H,1H3,(H2-,15,16,17,19,20,21,24)/p+1. The first kappa shape index (κ1) is 15.6. The maximum absolute atomic E-state index is 11.9. The Balaban J connectivity index is 2.08. The molecular formula is C14H11N4O5S+. The monoisotopic (exact) mass is 347 g/mol. The zero-order valence-corrected chi connectivity index (χ0v) is 13.1. The maximum Gasteiger partial charge on any atom is 0.437 e. The molecule has 10 heteroatoms. The van der Waals surface area contributed by atoms with Crippen LogP contribution in [0.5, 0.6) is 11.6 Å². The average molecular weight is 347 g/mol. The van der Waals surface area contributed by atoms with Gasteiger partial charge >= 0.3 is 11.7 Å². The Morgan fingerprint density at radius 1 is 1.29 bits per heavy atom. The van der Waals surface area contributed by atoms with Crippen molar-refractivity contribution in [1.82, 2.24) is 9.97 Å². The van der Waals surface area contributed by atoms with Crippen LogP contribution in [0.4, 0.5) is 5.69 Å². The Bertz CT molecular complexity index is 987. The van der Waals surface area contributed by atoms with Crippen molar-refractivity contribution < 1.29 is 24.2 Å². The summed E-state index contributed by atoms with van der Waals surface area (Å²) in [6, 6.07) is 6.66. The predicted octanol–water partition coefficient (Wildman–Crippen LogP) is 1.76. The van der Waals surface area contributed by atoms with Crippen LogP contribution in [0.25, 0.3) is 6.08 Å². The van der Waals surface area contributed by atoms with Gasteiger partial charge in [-0.1, -0.05) is 0 Å². The molecule has 1 aromatic carbocycles. The van der Waals surface area contributed by atoms with E-state index >= 15 is 0 Å². The predicted molar refractivity (Wildman–Crippen MR) is 83.3 cm³/mol. The summed E-state index contributed by atoms with van der Waals surface area (Å²) < 4.78 is 6.22. The number of carbonyl (C=O) groups is 1. The molecule has 0 amide bonds. The number of hydrogen-bond acceptors (Lipinski definition) is 7. The smallest absolute Gasteiger partial charge is 0.437 e. The minimum Gasteiger partial charge on any atom is -0.497 e. The fourth-order valence-electron chi connectivity index (χ4n) is 2.04. The topological polar surface area (TPSA) is 120 Å². The number of carbonyl (C=O) groups excluding carboxylic acids is 1. The van der Waals surface area contributed by atoms with Crippen LogP contribution in [0.3, 0.4) is 0 Å². The molecule has 1 aliphatic rings. The van der Waals surface area contributed by atoms with Crippen LogP contribution >= 0.6 is 12.2 Å². The number of H-pyrrole nitrogens is 2. The minimum atomic E-state index is -0.771. The molecule has 1 aliphatic heterocycles.